The number of ether oxygens (including phenoxy) is 1. The van der Waals surface area contributed by atoms with E-state index in [9.17, 15) is 0 Å². The van der Waals surface area contributed by atoms with Crippen molar-refractivity contribution in [3.05, 3.63) is 53.0 Å². The molecule has 3 heterocycles. The van der Waals surface area contributed by atoms with Gasteiger partial charge in [0.15, 0.2) is 12.4 Å². The van der Waals surface area contributed by atoms with E-state index in [1.54, 1.807) is 6.33 Å². The summed E-state index contributed by atoms with van der Waals surface area (Å²) >= 11 is 7.82. The van der Waals surface area contributed by atoms with Crippen LogP contribution in [0.3, 0.4) is 0 Å². The van der Waals surface area contributed by atoms with Gasteiger partial charge in [-0.05, 0) is 25.0 Å². The van der Waals surface area contributed by atoms with Gasteiger partial charge in [0.25, 0.3) is 0 Å². The minimum absolute atomic E-state index is 0.298. The average Bonchev–Trinajstić information content (AvgIpc) is 3.31. The molecule has 0 spiro atoms. The highest BCUT2D eigenvalue weighted by molar-refractivity contribution is 8.00. The summed E-state index contributed by atoms with van der Waals surface area (Å²) in [6, 6.07) is 9.41. The van der Waals surface area contributed by atoms with E-state index in [0.717, 1.165) is 16.3 Å². The first-order valence-corrected chi connectivity index (χ1v) is 10.4. The van der Waals surface area contributed by atoms with Crippen LogP contribution in [0.1, 0.15) is 42.9 Å². The van der Waals surface area contributed by atoms with Crippen LogP contribution in [0, 0.1) is 0 Å². The lowest BCUT2D eigenvalue weighted by Gasteiger charge is -2.24. The zero-order valence-electron chi connectivity index (χ0n) is 14.6. The van der Waals surface area contributed by atoms with Gasteiger partial charge >= 0.3 is 0 Å². The lowest BCUT2D eigenvalue weighted by molar-refractivity contribution is 0.236. The zero-order chi connectivity index (χ0) is 18.2. The maximum Gasteiger partial charge on any atom is 0.221 e. The Morgan fingerprint density at radius 3 is 2.89 bits per heavy atom. The Morgan fingerprint density at radius 1 is 1.15 bits per heavy atom. The molecule has 1 aliphatic heterocycles. The fourth-order valence-electron chi connectivity index (χ4n) is 3.88. The minimum Gasteiger partial charge on any atom is -0.469 e. The number of benzene rings is 1. The molecule has 1 aromatic carbocycles. The first kappa shape index (κ1) is 17.1. The molecule has 2 unspecified atom stereocenters. The molecule has 0 N–H and O–H groups in total. The van der Waals surface area contributed by atoms with Crippen LogP contribution in [-0.4, -0.2) is 20.4 Å². The SMILES string of the molecule is Clc1ccc(-c2cc(COc3ncnc4c3C3CCCCC3S4)on2)cc1. The maximum absolute atomic E-state index is 6.03. The Kier molecular flexibility index (Phi) is 4.53. The van der Waals surface area contributed by atoms with Crippen LogP contribution in [-0.2, 0) is 6.61 Å². The molecule has 1 saturated carbocycles. The fourth-order valence-corrected chi connectivity index (χ4v) is 5.49. The van der Waals surface area contributed by atoms with Gasteiger partial charge in [-0.25, -0.2) is 9.97 Å². The number of hydrogen-bond acceptors (Lipinski definition) is 6. The molecule has 1 fully saturated rings. The first-order chi connectivity index (χ1) is 13.3. The molecule has 0 bridgehead atoms. The van der Waals surface area contributed by atoms with Gasteiger partial charge in [-0.3, -0.25) is 0 Å². The van der Waals surface area contributed by atoms with Gasteiger partial charge in [0.2, 0.25) is 5.88 Å². The highest BCUT2D eigenvalue weighted by Crippen LogP contribution is 2.53. The largest absolute Gasteiger partial charge is 0.469 e. The zero-order valence-corrected chi connectivity index (χ0v) is 16.2. The van der Waals surface area contributed by atoms with Crippen LogP contribution in [0.4, 0.5) is 0 Å². The number of fused-ring (bicyclic) bond motifs is 3. The minimum atomic E-state index is 0.298. The third-order valence-corrected chi connectivity index (χ3v) is 6.86. The van der Waals surface area contributed by atoms with Gasteiger partial charge in [-0.15, -0.1) is 11.8 Å². The van der Waals surface area contributed by atoms with Crippen molar-refractivity contribution in [2.75, 3.05) is 0 Å². The van der Waals surface area contributed by atoms with Crippen LogP contribution in [0.5, 0.6) is 5.88 Å². The number of rotatable bonds is 4. The smallest absolute Gasteiger partial charge is 0.221 e. The quantitative estimate of drug-likeness (QED) is 0.540. The van der Waals surface area contributed by atoms with Gasteiger partial charge < -0.3 is 9.26 Å². The summed E-state index contributed by atoms with van der Waals surface area (Å²) in [6.45, 7) is 0.298. The van der Waals surface area contributed by atoms with Crippen LogP contribution in [0.2, 0.25) is 5.02 Å². The van der Waals surface area contributed by atoms with E-state index in [0.29, 0.717) is 34.4 Å². The molecule has 7 heteroatoms. The number of thioether (sulfide) groups is 1. The summed E-state index contributed by atoms with van der Waals surface area (Å²) < 4.78 is 11.5. The number of hydrogen-bond donors (Lipinski definition) is 0. The Hall–Kier alpha value is -2.05. The third kappa shape index (κ3) is 3.32. The predicted octanol–water partition coefficient (Wildman–Crippen LogP) is 5.50. The molecule has 27 heavy (non-hydrogen) atoms. The van der Waals surface area contributed by atoms with Crippen molar-refractivity contribution in [2.24, 2.45) is 0 Å². The second-order valence-electron chi connectivity index (χ2n) is 6.92. The van der Waals surface area contributed by atoms with Crippen molar-refractivity contribution in [1.82, 2.24) is 15.1 Å². The van der Waals surface area contributed by atoms with Crippen molar-refractivity contribution >= 4 is 23.4 Å². The van der Waals surface area contributed by atoms with Crippen LogP contribution < -0.4 is 4.74 Å². The Labute approximate surface area is 166 Å². The number of halogens is 1. The van der Waals surface area contributed by atoms with Crippen LogP contribution >= 0.6 is 23.4 Å². The summed E-state index contributed by atoms with van der Waals surface area (Å²) in [6.07, 6.45) is 6.60. The molecule has 0 radical (unpaired) electrons. The van der Waals surface area contributed by atoms with Crippen molar-refractivity contribution in [3.63, 3.8) is 0 Å². The van der Waals surface area contributed by atoms with Crippen molar-refractivity contribution in [2.45, 2.75) is 48.5 Å². The van der Waals surface area contributed by atoms with E-state index in [4.69, 9.17) is 20.9 Å². The van der Waals surface area contributed by atoms with E-state index in [2.05, 4.69) is 15.1 Å². The monoisotopic (exact) mass is 399 g/mol. The lowest BCUT2D eigenvalue weighted by Crippen LogP contribution is -2.16. The predicted molar refractivity (Wildman–Crippen MR) is 104 cm³/mol. The molecule has 2 atom stereocenters. The summed E-state index contributed by atoms with van der Waals surface area (Å²) in [5, 5.41) is 6.53. The molecule has 0 amide bonds. The summed E-state index contributed by atoms with van der Waals surface area (Å²) in [4.78, 5) is 8.88. The standard InChI is InChI=1S/C20H18ClN3O2S/c21-13-7-5-12(6-8-13)16-9-14(26-24-16)10-25-19-18-15-3-1-2-4-17(15)27-20(18)23-11-22-19/h5-9,11,15,17H,1-4,10H2. The van der Waals surface area contributed by atoms with Gasteiger partial charge in [0.1, 0.15) is 17.0 Å². The van der Waals surface area contributed by atoms with Crippen molar-refractivity contribution in [3.8, 4) is 17.1 Å². The molecule has 2 aromatic heterocycles. The van der Waals surface area contributed by atoms with Gasteiger partial charge in [-0.1, -0.05) is 41.7 Å². The van der Waals surface area contributed by atoms with Gasteiger partial charge in [-0.2, -0.15) is 0 Å². The molecule has 0 saturated heterocycles. The number of nitrogens with zero attached hydrogens (tertiary/aromatic N) is 3. The second-order valence-corrected chi connectivity index (χ2v) is 8.58. The first-order valence-electron chi connectivity index (χ1n) is 9.14. The molecular weight excluding hydrogens is 382 g/mol. The molecule has 5 rings (SSSR count). The number of aromatic nitrogens is 3. The van der Waals surface area contributed by atoms with Gasteiger partial charge in [0, 0.05) is 27.8 Å². The fraction of sp³-hybridized carbons (Fsp3) is 0.350. The van der Waals surface area contributed by atoms with Crippen LogP contribution in [0.15, 0.2) is 46.2 Å². The highest BCUT2D eigenvalue weighted by Gasteiger charge is 2.39. The lowest BCUT2D eigenvalue weighted by atomic mass is 9.85. The Balaban J connectivity index is 1.33. The van der Waals surface area contributed by atoms with E-state index < -0.39 is 0 Å². The Bertz CT molecular complexity index is 960. The molecule has 1 aliphatic carbocycles. The molecular formula is C20H18ClN3O2S. The van der Waals surface area contributed by atoms with E-state index in [1.165, 1.54) is 31.2 Å². The van der Waals surface area contributed by atoms with Crippen LogP contribution in [0.25, 0.3) is 11.3 Å². The molecule has 138 valence electrons. The van der Waals surface area contributed by atoms with Crippen molar-refractivity contribution in [1.29, 1.82) is 0 Å². The Morgan fingerprint density at radius 2 is 2.00 bits per heavy atom. The molecule has 3 aromatic rings. The van der Waals surface area contributed by atoms with E-state index >= 15 is 0 Å². The highest BCUT2D eigenvalue weighted by atomic mass is 35.5. The van der Waals surface area contributed by atoms with Gasteiger partial charge in [0.05, 0.1) is 5.56 Å². The molecule has 5 nitrogen and oxygen atoms in total. The topological polar surface area (TPSA) is 61.0 Å². The normalized spacial score (nSPS) is 20.9. The van der Waals surface area contributed by atoms with Crippen molar-refractivity contribution < 1.29 is 9.26 Å². The summed E-state index contributed by atoms with van der Waals surface area (Å²) in [7, 11) is 0. The summed E-state index contributed by atoms with van der Waals surface area (Å²) in [5.74, 6) is 1.86. The second kappa shape index (κ2) is 7.17. The maximum atomic E-state index is 6.03. The third-order valence-electron chi connectivity index (χ3n) is 5.20. The van der Waals surface area contributed by atoms with E-state index in [1.807, 2.05) is 42.1 Å². The molecule has 2 aliphatic rings. The average molecular weight is 400 g/mol. The summed E-state index contributed by atoms with van der Waals surface area (Å²) in [5.41, 5.74) is 2.91. The van der Waals surface area contributed by atoms with E-state index in [-0.39, 0.29) is 0 Å².